The molecular weight excluding hydrogens is 368 g/mol. The standard InChI is InChI=1S/C22H28N4O3/c1-15-21(26(28)29)16(2)25(23-15)13-17-7-9-19(10-8-17)22(27)24-12-11-18-5-3-4-6-20(18)14-24/h7-10,18,20H,3-6,11-14H2,1-2H3/t18-,20-/m0/s1. The Labute approximate surface area is 170 Å². The number of amides is 1. The predicted molar refractivity (Wildman–Crippen MR) is 110 cm³/mol. The van der Waals surface area contributed by atoms with Crippen molar-refractivity contribution < 1.29 is 9.72 Å². The lowest BCUT2D eigenvalue weighted by Gasteiger charge is -2.41. The van der Waals surface area contributed by atoms with E-state index in [-0.39, 0.29) is 16.5 Å². The van der Waals surface area contributed by atoms with Gasteiger partial charge in [0.15, 0.2) is 0 Å². The largest absolute Gasteiger partial charge is 0.338 e. The molecular formula is C22H28N4O3. The van der Waals surface area contributed by atoms with Gasteiger partial charge >= 0.3 is 5.69 Å². The Hall–Kier alpha value is -2.70. The van der Waals surface area contributed by atoms with Crippen LogP contribution in [0.15, 0.2) is 24.3 Å². The van der Waals surface area contributed by atoms with E-state index in [0.29, 0.717) is 29.4 Å². The van der Waals surface area contributed by atoms with Gasteiger partial charge in [0.1, 0.15) is 11.4 Å². The van der Waals surface area contributed by atoms with E-state index in [0.717, 1.165) is 31.0 Å². The first kappa shape index (κ1) is 19.6. The van der Waals surface area contributed by atoms with Gasteiger partial charge in [0.05, 0.1) is 11.5 Å². The van der Waals surface area contributed by atoms with E-state index in [9.17, 15) is 14.9 Å². The van der Waals surface area contributed by atoms with Crippen LogP contribution in [-0.4, -0.2) is 38.6 Å². The zero-order chi connectivity index (χ0) is 20.5. The van der Waals surface area contributed by atoms with E-state index in [1.54, 1.807) is 18.5 Å². The summed E-state index contributed by atoms with van der Waals surface area (Å²) in [6.07, 6.45) is 6.34. The number of benzene rings is 1. The van der Waals surface area contributed by atoms with Crippen molar-refractivity contribution in [3.63, 3.8) is 0 Å². The first-order chi connectivity index (χ1) is 13.9. The molecule has 7 heteroatoms. The van der Waals surface area contributed by atoms with Crippen LogP contribution in [0, 0.1) is 35.8 Å². The molecule has 1 aliphatic heterocycles. The number of nitrogens with zero attached hydrogens (tertiary/aromatic N) is 4. The fourth-order valence-electron chi connectivity index (χ4n) is 5.00. The van der Waals surface area contributed by atoms with Crippen molar-refractivity contribution in [3.05, 3.63) is 56.9 Å². The average molecular weight is 396 g/mol. The highest BCUT2D eigenvalue weighted by Gasteiger charge is 2.33. The first-order valence-corrected chi connectivity index (χ1v) is 10.5. The predicted octanol–water partition coefficient (Wildman–Crippen LogP) is 4.11. The summed E-state index contributed by atoms with van der Waals surface area (Å²) in [6.45, 7) is 5.56. The van der Waals surface area contributed by atoms with Crippen LogP contribution in [0.1, 0.15) is 59.4 Å². The SMILES string of the molecule is Cc1nn(Cc2ccc(C(=O)N3CC[C@@H]4CCCC[C@H]4C3)cc2)c(C)c1[N+](=O)[O-]. The van der Waals surface area contributed by atoms with E-state index in [4.69, 9.17) is 0 Å². The molecule has 2 atom stereocenters. The van der Waals surface area contributed by atoms with Crippen molar-refractivity contribution >= 4 is 11.6 Å². The van der Waals surface area contributed by atoms with Crippen LogP contribution in [0.25, 0.3) is 0 Å². The van der Waals surface area contributed by atoms with Gasteiger partial charge in [0, 0.05) is 18.7 Å². The van der Waals surface area contributed by atoms with Gasteiger partial charge in [-0.1, -0.05) is 31.4 Å². The van der Waals surface area contributed by atoms with Crippen molar-refractivity contribution in [3.8, 4) is 0 Å². The highest BCUT2D eigenvalue weighted by molar-refractivity contribution is 5.94. The maximum absolute atomic E-state index is 13.0. The Kier molecular flexibility index (Phi) is 5.39. The monoisotopic (exact) mass is 396 g/mol. The van der Waals surface area contributed by atoms with Gasteiger partial charge in [0.25, 0.3) is 5.91 Å². The lowest BCUT2D eigenvalue weighted by molar-refractivity contribution is -0.386. The third kappa shape index (κ3) is 3.91. The minimum absolute atomic E-state index is 0.0721. The number of hydrogen-bond acceptors (Lipinski definition) is 4. The summed E-state index contributed by atoms with van der Waals surface area (Å²) in [5.41, 5.74) is 2.71. The Morgan fingerprint density at radius 3 is 2.48 bits per heavy atom. The van der Waals surface area contributed by atoms with Crippen molar-refractivity contribution in [2.45, 2.75) is 52.5 Å². The van der Waals surface area contributed by atoms with Crippen LogP contribution in [0.2, 0.25) is 0 Å². The Morgan fingerprint density at radius 2 is 1.83 bits per heavy atom. The lowest BCUT2D eigenvalue weighted by atomic mass is 9.75. The van der Waals surface area contributed by atoms with Gasteiger partial charge in [0.2, 0.25) is 0 Å². The lowest BCUT2D eigenvalue weighted by Crippen LogP contribution is -2.44. The van der Waals surface area contributed by atoms with E-state index >= 15 is 0 Å². The fraction of sp³-hybridized carbons (Fsp3) is 0.545. The quantitative estimate of drug-likeness (QED) is 0.575. The molecule has 0 radical (unpaired) electrons. The fourth-order valence-corrected chi connectivity index (χ4v) is 5.00. The second-order valence-corrected chi connectivity index (χ2v) is 8.48. The highest BCUT2D eigenvalue weighted by atomic mass is 16.6. The Bertz CT molecular complexity index is 919. The molecule has 154 valence electrons. The average Bonchev–Trinajstić information content (AvgIpc) is 3.00. The molecule has 0 spiro atoms. The van der Waals surface area contributed by atoms with Crippen LogP contribution < -0.4 is 0 Å². The van der Waals surface area contributed by atoms with Gasteiger partial charge < -0.3 is 4.90 Å². The molecule has 0 N–H and O–H groups in total. The number of hydrogen-bond donors (Lipinski definition) is 0. The number of carbonyl (C=O) groups excluding carboxylic acids is 1. The minimum atomic E-state index is -0.384. The molecule has 1 amide bonds. The number of carbonyl (C=O) groups is 1. The molecule has 1 aliphatic carbocycles. The zero-order valence-corrected chi connectivity index (χ0v) is 17.1. The first-order valence-electron chi connectivity index (χ1n) is 10.5. The van der Waals surface area contributed by atoms with Gasteiger partial charge in [-0.05, 0) is 56.2 Å². The normalized spacial score (nSPS) is 21.7. The number of aromatic nitrogens is 2. The van der Waals surface area contributed by atoms with Crippen molar-refractivity contribution in [2.75, 3.05) is 13.1 Å². The third-order valence-corrected chi connectivity index (χ3v) is 6.64. The van der Waals surface area contributed by atoms with Gasteiger partial charge in [-0.3, -0.25) is 19.6 Å². The number of likely N-dealkylation sites (tertiary alicyclic amines) is 1. The second kappa shape index (κ2) is 7.97. The zero-order valence-electron chi connectivity index (χ0n) is 17.1. The van der Waals surface area contributed by atoms with Crippen LogP contribution in [0.3, 0.4) is 0 Å². The summed E-state index contributed by atoms with van der Waals surface area (Å²) in [6, 6.07) is 7.57. The number of piperidine rings is 1. The summed E-state index contributed by atoms with van der Waals surface area (Å²) in [5, 5.41) is 15.5. The second-order valence-electron chi connectivity index (χ2n) is 8.48. The Morgan fingerprint density at radius 1 is 1.14 bits per heavy atom. The third-order valence-electron chi connectivity index (χ3n) is 6.64. The number of fused-ring (bicyclic) bond motifs is 1. The number of rotatable bonds is 4. The van der Waals surface area contributed by atoms with Gasteiger partial charge in [-0.15, -0.1) is 0 Å². The Balaban J connectivity index is 1.43. The molecule has 1 aromatic carbocycles. The van der Waals surface area contributed by atoms with Gasteiger partial charge in [-0.25, -0.2) is 0 Å². The molecule has 1 saturated carbocycles. The molecule has 4 rings (SSSR count). The molecule has 7 nitrogen and oxygen atoms in total. The van der Waals surface area contributed by atoms with Crippen molar-refractivity contribution in [1.29, 1.82) is 0 Å². The minimum Gasteiger partial charge on any atom is -0.338 e. The van der Waals surface area contributed by atoms with Crippen molar-refractivity contribution in [1.82, 2.24) is 14.7 Å². The van der Waals surface area contributed by atoms with E-state index in [1.165, 1.54) is 25.7 Å². The maximum atomic E-state index is 13.0. The van der Waals surface area contributed by atoms with Crippen LogP contribution in [-0.2, 0) is 6.54 Å². The molecule has 1 aromatic heterocycles. The molecule has 0 unspecified atom stereocenters. The van der Waals surface area contributed by atoms with Crippen LogP contribution >= 0.6 is 0 Å². The number of aryl methyl sites for hydroxylation is 1. The van der Waals surface area contributed by atoms with E-state index in [1.807, 2.05) is 29.2 Å². The summed E-state index contributed by atoms with van der Waals surface area (Å²) >= 11 is 0. The molecule has 1 saturated heterocycles. The summed E-state index contributed by atoms with van der Waals surface area (Å²) in [4.78, 5) is 25.8. The molecule has 29 heavy (non-hydrogen) atoms. The highest BCUT2D eigenvalue weighted by Crippen LogP contribution is 2.36. The van der Waals surface area contributed by atoms with Crippen LogP contribution in [0.4, 0.5) is 5.69 Å². The van der Waals surface area contributed by atoms with Crippen molar-refractivity contribution in [2.24, 2.45) is 11.8 Å². The smallest absolute Gasteiger partial charge is 0.312 e. The molecule has 2 fully saturated rings. The van der Waals surface area contributed by atoms with E-state index < -0.39 is 0 Å². The number of nitro groups is 1. The van der Waals surface area contributed by atoms with E-state index in [2.05, 4.69) is 5.10 Å². The summed E-state index contributed by atoms with van der Waals surface area (Å²) in [7, 11) is 0. The maximum Gasteiger partial charge on any atom is 0.312 e. The topological polar surface area (TPSA) is 81.3 Å². The van der Waals surface area contributed by atoms with Crippen LogP contribution in [0.5, 0.6) is 0 Å². The molecule has 2 heterocycles. The molecule has 2 aliphatic rings. The summed E-state index contributed by atoms with van der Waals surface area (Å²) in [5.74, 6) is 1.59. The summed E-state index contributed by atoms with van der Waals surface area (Å²) < 4.78 is 1.65. The molecule has 2 aromatic rings. The van der Waals surface area contributed by atoms with Gasteiger partial charge in [-0.2, -0.15) is 5.10 Å². The molecule has 0 bridgehead atoms.